The molecule has 0 heterocycles. The summed E-state index contributed by atoms with van der Waals surface area (Å²) >= 11 is 3.24. The lowest BCUT2D eigenvalue weighted by Crippen LogP contribution is -2.41. The molecule has 0 aliphatic carbocycles. The third-order valence-corrected chi connectivity index (χ3v) is 7.94. The number of hydrogen-bond donors (Lipinski definition) is 2. The molecule has 0 aliphatic heterocycles. The molecule has 12 heteroatoms. The molecule has 9 nitrogen and oxygen atoms in total. The highest BCUT2D eigenvalue weighted by atomic mass is 32.2. The van der Waals surface area contributed by atoms with Crippen molar-refractivity contribution < 1.29 is 45.0 Å². The first kappa shape index (κ1) is 48.8. The van der Waals surface area contributed by atoms with Crippen molar-refractivity contribution in [3.8, 4) is 0 Å². The second-order valence-electron chi connectivity index (χ2n) is 10.9. The molecule has 0 fully saturated rings. The largest absolute Gasteiger partial charge is 0.480 e. The van der Waals surface area contributed by atoms with Crippen LogP contribution in [0.3, 0.4) is 0 Å². The summed E-state index contributed by atoms with van der Waals surface area (Å²) in [6.45, 7) is 13.7. The molecule has 2 atom stereocenters. The average Bonchev–Trinajstić information content (AvgIpc) is 3.02. The zero-order valence-corrected chi connectivity index (χ0v) is 30.4. The summed E-state index contributed by atoms with van der Waals surface area (Å²) < 4.78 is 15.3. The molecule has 0 saturated carbocycles. The van der Waals surface area contributed by atoms with Gasteiger partial charge in [-0.05, 0) is 91.2 Å². The molecular weight excluding hydrogens is 639 g/mol. The van der Waals surface area contributed by atoms with Crippen LogP contribution in [0.1, 0.15) is 97.8 Å². The minimum Gasteiger partial charge on any atom is -0.480 e. The van der Waals surface area contributed by atoms with Crippen molar-refractivity contribution in [3.05, 3.63) is 59.7 Å². The van der Waals surface area contributed by atoms with Gasteiger partial charge in [-0.3, -0.25) is 9.59 Å². The van der Waals surface area contributed by atoms with Gasteiger partial charge in [-0.1, -0.05) is 45.5 Å². The number of aliphatic hydroxyl groups is 1. The Morgan fingerprint density at radius 1 is 0.745 bits per heavy atom. The summed E-state index contributed by atoms with van der Waals surface area (Å²) in [5, 5.41) is 17.9. The number of Topliss-reactive ketones (excluding diaryl/α,β-unsaturated/α-hetero) is 2. The van der Waals surface area contributed by atoms with Gasteiger partial charge in [-0.25, -0.2) is 9.59 Å². The zero-order chi connectivity index (χ0) is 34.8. The van der Waals surface area contributed by atoms with Gasteiger partial charge < -0.3 is 24.4 Å². The maximum absolute atomic E-state index is 12.6. The first-order chi connectivity index (χ1) is 21.0. The number of carboxylic acids is 1. The number of carbonyl (C=O) groups is 4. The number of rotatable bonds is 15. The van der Waals surface area contributed by atoms with Crippen molar-refractivity contribution in [1.82, 2.24) is 0 Å². The Bertz CT molecular complexity index is 1210. The number of ketones is 2. The van der Waals surface area contributed by atoms with Gasteiger partial charge in [0.2, 0.25) is 5.78 Å². The molecule has 265 valence electrons. The lowest BCUT2D eigenvalue weighted by atomic mass is 9.92. The number of thioether (sulfide) groups is 2. The molecule has 2 aromatic carbocycles. The van der Waals surface area contributed by atoms with Crippen molar-refractivity contribution in [2.75, 3.05) is 25.7 Å². The molecule has 0 spiro atoms. The third-order valence-electron chi connectivity index (χ3n) is 6.45. The highest BCUT2D eigenvalue weighted by Crippen LogP contribution is 2.24. The van der Waals surface area contributed by atoms with Gasteiger partial charge in [0.15, 0.2) is 11.4 Å². The molecule has 47 heavy (non-hydrogen) atoms. The number of aliphatic carboxylic acids is 1. The minimum absolute atomic E-state index is 0. The van der Waals surface area contributed by atoms with Crippen LogP contribution in [0, 0.1) is 0 Å². The monoisotopic (exact) mass is 696 g/mol. The lowest BCUT2D eigenvalue weighted by Gasteiger charge is -2.27. The smallest absolute Gasteiger partial charge is 0.333 e. The molecule has 0 saturated heterocycles. The Morgan fingerprint density at radius 3 is 1.43 bits per heavy atom. The van der Waals surface area contributed by atoms with E-state index in [4.69, 9.17) is 19.3 Å². The van der Waals surface area contributed by atoms with Gasteiger partial charge in [0.05, 0.1) is 12.2 Å². The standard InChI is InChI=1S/C17H24O4S.C12H16O2S.C5H10O3.CH4.B.H2/c1-6-17(4,21-15(18)11-20-12(2)3)16(19)13-7-9-14(22-5)10-8-13;1-4-12(2,14)11(13)9-5-7-10(15-3)8-6-9;1-4(2)8-3-5(6)7;;;/h7-10,12H,6,11H2,1-5H3;5-8,14H,4H2,1-3H3;4H,3H2,1-2H3,(H,6,7);1H4;;1H/t17-;12-;;;;/m00..../s1/i;;;;;1+1. The van der Waals surface area contributed by atoms with Crippen LogP contribution in [0.25, 0.3) is 0 Å². The first-order valence-electron chi connectivity index (χ1n) is 14.7. The number of benzene rings is 2. The fraction of sp³-hybridized carbons (Fsp3) is 0.543. The van der Waals surface area contributed by atoms with E-state index in [9.17, 15) is 24.3 Å². The number of hydrogen-bond acceptors (Lipinski definition) is 10. The van der Waals surface area contributed by atoms with Gasteiger partial charge in [-0.15, -0.1) is 23.5 Å². The number of carbonyl (C=O) groups excluding carboxylic acids is 3. The predicted molar refractivity (Wildman–Crippen MR) is 195 cm³/mol. The van der Waals surface area contributed by atoms with Crippen LogP contribution < -0.4 is 0 Å². The molecule has 3 radical (unpaired) electrons. The summed E-state index contributed by atoms with van der Waals surface area (Å²) in [5.74, 6) is -1.84. The van der Waals surface area contributed by atoms with E-state index < -0.39 is 23.1 Å². The molecule has 0 unspecified atom stereocenters. The van der Waals surface area contributed by atoms with E-state index in [-0.39, 0.29) is 54.3 Å². The average molecular weight is 697 g/mol. The van der Waals surface area contributed by atoms with Gasteiger partial charge >= 0.3 is 11.9 Å². The minimum atomic E-state index is -1.25. The molecule has 0 amide bonds. The van der Waals surface area contributed by atoms with Crippen molar-refractivity contribution in [1.29, 1.82) is 0 Å². The molecule has 2 N–H and O–H groups in total. The highest BCUT2D eigenvalue weighted by Gasteiger charge is 2.36. The number of ether oxygens (including phenoxy) is 3. The predicted octanol–water partition coefficient (Wildman–Crippen LogP) is 7.48. The van der Waals surface area contributed by atoms with E-state index in [0.29, 0.717) is 24.0 Å². The first-order valence-corrected chi connectivity index (χ1v) is 17.2. The molecule has 2 rings (SSSR count). The van der Waals surface area contributed by atoms with E-state index >= 15 is 0 Å². The Hall–Kier alpha value is -2.64. The third kappa shape index (κ3) is 19.1. The second-order valence-corrected chi connectivity index (χ2v) is 12.7. The van der Waals surface area contributed by atoms with Gasteiger partial charge in [0.25, 0.3) is 0 Å². The Kier molecular flexibility index (Phi) is 25.4. The van der Waals surface area contributed by atoms with E-state index in [2.05, 4.69) is 0 Å². The summed E-state index contributed by atoms with van der Waals surface area (Å²) in [6, 6.07) is 14.6. The highest BCUT2D eigenvalue weighted by molar-refractivity contribution is 7.98. The van der Waals surface area contributed by atoms with Crippen molar-refractivity contribution in [2.24, 2.45) is 0 Å². The van der Waals surface area contributed by atoms with Crippen LogP contribution in [0.2, 0.25) is 0 Å². The fourth-order valence-corrected chi connectivity index (χ4v) is 4.11. The van der Waals surface area contributed by atoms with Crippen LogP contribution in [-0.2, 0) is 23.8 Å². The number of esters is 1. The van der Waals surface area contributed by atoms with Gasteiger partial charge in [-0.2, -0.15) is 0 Å². The van der Waals surface area contributed by atoms with Crippen LogP contribution in [-0.4, -0.2) is 91.3 Å². The second kappa shape index (κ2) is 24.5. The van der Waals surface area contributed by atoms with E-state index in [1.807, 2.05) is 57.5 Å². The van der Waals surface area contributed by atoms with E-state index in [1.54, 1.807) is 82.4 Å². The quantitative estimate of drug-likeness (QED) is 0.0830. The topological polar surface area (TPSA) is 136 Å². The summed E-state index contributed by atoms with van der Waals surface area (Å²) in [4.78, 5) is 48.3. The normalized spacial score (nSPS) is 12.8. The van der Waals surface area contributed by atoms with Crippen molar-refractivity contribution in [2.45, 2.75) is 109 Å². The Balaban J connectivity index is -0.000000325. The summed E-state index contributed by atoms with van der Waals surface area (Å²) in [5.41, 5.74) is -1.31. The van der Waals surface area contributed by atoms with Crippen molar-refractivity contribution >= 4 is 55.4 Å². The lowest BCUT2D eigenvalue weighted by molar-refractivity contribution is -0.161. The van der Waals surface area contributed by atoms with Crippen LogP contribution >= 0.6 is 23.5 Å². The van der Waals surface area contributed by atoms with Gasteiger partial charge in [0, 0.05) is 30.8 Å². The van der Waals surface area contributed by atoms with Crippen LogP contribution in [0.15, 0.2) is 58.3 Å². The van der Waals surface area contributed by atoms with Gasteiger partial charge in [0.1, 0.15) is 18.8 Å². The molecule has 0 bridgehead atoms. The molecule has 2 aromatic rings. The Labute approximate surface area is 294 Å². The molecule has 0 aromatic heterocycles. The fourth-order valence-electron chi connectivity index (χ4n) is 3.29. The van der Waals surface area contributed by atoms with Crippen molar-refractivity contribution in [3.63, 3.8) is 0 Å². The summed E-state index contributed by atoms with van der Waals surface area (Å²) in [7, 11) is 0. The van der Waals surface area contributed by atoms with E-state index in [1.165, 1.54) is 0 Å². The summed E-state index contributed by atoms with van der Waals surface area (Å²) in [6.07, 6.45) is 4.74. The van der Waals surface area contributed by atoms with Crippen LogP contribution in [0.5, 0.6) is 0 Å². The zero-order valence-electron chi connectivity index (χ0n) is 28.7. The maximum atomic E-state index is 12.6. The maximum Gasteiger partial charge on any atom is 0.333 e. The Morgan fingerprint density at radius 2 is 1.13 bits per heavy atom. The number of carboxylic acid groups (broad SMARTS) is 1. The SMILES string of the molecule is C.CC(C)OCC(=O)O.CC[C@](C)(O)C(=O)c1ccc(SC)cc1.CC[C@](C)(OC(=O)COC(C)C)C(=O)c1ccc(SC)cc1.[2HH].[B]. The van der Waals surface area contributed by atoms with Crippen LogP contribution in [0.4, 0.5) is 0 Å². The van der Waals surface area contributed by atoms with E-state index in [0.717, 1.165) is 9.79 Å². The molecular formula is C35H56BO9S2. The molecule has 0 aliphatic rings.